The number of fused-ring (bicyclic) bond motifs is 1. The van der Waals surface area contributed by atoms with Crippen molar-refractivity contribution in [1.82, 2.24) is 9.88 Å². The van der Waals surface area contributed by atoms with Crippen molar-refractivity contribution in [2.24, 2.45) is 10.8 Å². The third kappa shape index (κ3) is 1.13. The van der Waals surface area contributed by atoms with Gasteiger partial charge in [-0.1, -0.05) is 6.07 Å². The second-order valence-electron chi connectivity index (χ2n) is 6.24. The van der Waals surface area contributed by atoms with E-state index in [0.717, 1.165) is 25.1 Å². The van der Waals surface area contributed by atoms with E-state index in [0.29, 0.717) is 11.2 Å². The van der Waals surface area contributed by atoms with E-state index in [-0.39, 0.29) is 11.5 Å². The van der Waals surface area contributed by atoms with Crippen LogP contribution in [0.15, 0.2) is 24.4 Å². The molecule has 2 atom stereocenters. The van der Waals surface area contributed by atoms with E-state index in [9.17, 15) is 4.79 Å². The van der Waals surface area contributed by atoms with Gasteiger partial charge >= 0.3 is 0 Å². The zero-order chi connectivity index (χ0) is 12.4. The number of Topliss-reactive ketones (excluding diaryl/α,β-unsaturated/α-hetero) is 1. The molecule has 3 aliphatic rings. The second-order valence-corrected chi connectivity index (χ2v) is 6.24. The molecular formula is C15H18N2O. The first-order valence-electron chi connectivity index (χ1n) is 6.84. The van der Waals surface area contributed by atoms with Gasteiger partial charge in [0.1, 0.15) is 5.78 Å². The summed E-state index contributed by atoms with van der Waals surface area (Å²) in [6, 6.07) is 6.27. The third-order valence-corrected chi connectivity index (χ3v) is 5.36. The van der Waals surface area contributed by atoms with E-state index in [1.54, 1.807) is 0 Å². The molecule has 1 saturated heterocycles. The number of carbonyl (C=O) groups excluding carboxylic acids is 1. The van der Waals surface area contributed by atoms with Gasteiger partial charge in [-0.15, -0.1) is 0 Å². The molecule has 0 amide bonds. The Morgan fingerprint density at radius 3 is 2.83 bits per heavy atom. The number of rotatable bonds is 1. The van der Waals surface area contributed by atoms with Crippen LogP contribution in [0.5, 0.6) is 0 Å². The summed E-state index contributed by atoms with van der Waals surface area (Å²) in [4.78, 5) is 19.4. The molecule has 1 aromatic heterocycles. The van der Waals surface area contributed by atoms with Crippen LogP contribution in [0, 0.1) is 10.8 Å². The zero-order valence-corrected chi connectivity index (χ0v) is 10.7. The van der Waals surface area contributed by atoms with Crippen molar-refractivity contribution < 1.29 is 4.79 Å². The fourth-order valence-electron chi connectivity index (χ4n) is 4.22. The molecule has 94 valence electrons. The van der Waals surface area contributed by atoms with Crippen LogP contribution in [-0.2, 0) is 4.79 Å². The Labute approximate surface area is 107 Å². The SMILES string of the molecule is CN1CCC(=O)[C@]2(CC23CC3)[C@@H]1c1ccccn1. The van der Waals surface area contributed by atoms with Crippen LogP contribution in [0.1, 0.15) is 37.4 Å². The van der Waals surface area contributed by atoms with Crippen LogP contribution in [0.4, 0.5) is 0 Å². The van der Waals surface area contributed by atoms with Gasteiger partial charge in [0.2, 0.25) is 0 Å². The van der Waals surface area contributed by atoms with Gasteiger partial charge in [-0.05, 0) is 43.9 Å². The molecule has 3 heteroatoms. The number of piperidine rings is 1. The number of carbonyl (C=O) groups is 1. The van der Waals surface area contributed by atoms with Gasteiger partial charge in [-0.3, -0.25) is 14.7 Å². The summed E-state index contributed by atoms with van der Waals surface area (Å²) in [5.74, 6) is 0.494. The van der Waals surface area contributed by atoms with Crippen molar-refractivity contribution in [1.29, 1.82) is 0 Å². The molecular weight excluding hydrogens is 224 g/mol. The minimum absolute atomic E-state index is 0.0889. The topological polar surface area (TPSA) is 33.2 Å². The molecule has 1 aromatic rings. The molecule has 3 nitrogen and oxygen atoms in total. The van der Waals surface area contributed by atoms with Crippen LogP contribution in [-0.4, -0.2) is 29.3 Å². The van der Waals surface area contributed by atoms with Crippen LogP contribution >= 0.6 is 0 Å². The van der Waals surface area contributed by atoms with Crippen molar-refractivity contribution in [3.8, 4) is 0 Å². The van der Waals surface area contributed by atoms with E-state index in [1.165, 1.54) is 12.8 Å². The lowest BCUT2D eigenvalue weighted by Crippen LogP contribution is -2.44. The molecule has 0 radical (unpaired) electrons. The monoisotopic (exact) mass is 242 g/mol. The molecule has 2 saturated carbocycles. The number of hydrogen-bond acceptors (Lipinski definition) is 3. The summed E-state index contributed by atoms with van der Waals surface area (Å²) in [6.07, 6.45) is 6.16. The molecule has 3 fully saturated rings. The molecule has 4 rings (SSSR count). The molecule has 0 aromatic carbocycles. The Morgan fingerprint density at radius 2 is 2.22 bits per heavy atom. The van der Waals surface area contributed by atoms with E-state index in [4.69, 9.17) is 0 Å². The Kier molecular flexibility index (Phi) is 1.90. The van der Waals surface area contributed by atoms with Crippen molar-refractivity contribution in [3.05, 3.63) is 30.1 Å². The summed E-state index contributed by atoms with van der Waals surface area (Å²) in [5.41, 5.74) is 1.35. The number of ketones is 1. The standard InChI is InChI=1S/C15H18N2O/c1-17-9-5-12(18)15(10-14(15)6-7-14)13(17)11-4-2-3-8-16-11/h2-4,8,13H,5-7,9-10H2,1H3/t13-,15+/m0/s1. The molecule has 0 bridgehead atoms. The Hall–Kier alpha value is -1.22. The van der Waals surface area contributed by atoms with Gasteiger partial charge in [-0.25, -0.2) is 0 Å². The summed E-state index contributed by atoms with van der Waals surface area (Å²) < 4.78 is 0. The van der Waals surface area contributed by atoms with Crippen LogP contribution < -0.4 is 0 Å². The Balaban J connectivity index is 1.81. The van der Waals surface area contributed by atoms with E-state index < -0.39 is 0 Å². The van der Waals surface area contributed by atoms with Crippen LogP contribution in [0.2, 0.25) is 0 Å². The molecule has 2 aliphatic carbocycles. The highest BCUT2D eigenvalue weighted by Gasteiger charge is 2.80. The normalized spacial score (nSPS) is 37.2. The zero-order valence-electron chi connectivity index (χ0n) is 10.7. The van der Waals surface area contributed by atoms with Crippen LogP contribution in [0.25, 0.3) is 0 Å². The molecule has 0 N–H and O–H groups in total. The fraction of sp³-hybridized carbons (Fsp3) is 0.600. The van der Waals surface area contributed by atoms with Gasteiger partial charge in [0.25, 0.3) is 0 Å². The van der Waals surface area contributed by atoms with E-state index in [2.05, 4.69) is 23.0 Å². The fourth-order valence-corrected chi connectivity index (χ4v) is 4.22. The predicted molar refractivity (Wildman–Crippen MR) is 67.9 cm³/mol. The van der Waals surface area contributed by atoms with Gasteiger partial charge in [0.05, 0.1) is 17.2 Å². The number of pyridine rings is 1. The summed E-state index contributed by atoms with van der Waals surface area (Å²) >= 11 is 0. The quantitative estimate of drug-likeness (QED) is 0.757. The van der Waals surface area contributed by atoms with Crippen molar-refractivity contribution in [2.45, 2.75) is 31.7 Å². The first-order chi connectivity index (χ1) is 8.70. The predicted octanol–water partition coefficient (Wildman–Crippen LogP) is 2.20. The van der Waals surface area contributed by atoms with Gasteiger partial charge in [-0.2, -0.15) is 0 Å². The minimum Gasteiger partial charge on any atom is -0.299 e. The highest BCUT2D eigenvalue weighted by molar-refractivity contribution is 5.92. The maximum absolute atomic E-state index is 12.5. The average Bonchev–Trinajstić information content (AvgIpc) is 3.28. The molecule has 2 spiro atoms. The summed E-state index contributed by atoms with van der Waals surface area (Å²) in [7, 11) is 2.14. The molecule has 2 heterocycles. The van der Waals surface area contributed by atoms with Gasteiger partial charge in [0, 0.05) is 19.2 Å². The maximum Gasteiger partial charge on any atom is 0.142 e. The highest BCUT2D eigenvalue weighted by Crippen LogP contribution is 2.83. The largest absolute Gasteiger partial charge is 0.299 e. The van der Waals surface area contributed by atoms with Gasteiger partial charge < -0.3 is 0 Å². The molecule has 18 heavy (non-hydrogen) atoms. The smallest absolute Gasteiger partial charge is 0.142 e. The summed E-state index contributed by atoms with van der Waals surface area (Å²) in [6.45, 7) is 0.873. The first kappa shape index (κ1) is 10.7. The number of likely N-dealkylation sites (tertiary alicyclic amines) is 1. The summed E-state index contributed by atoms with van der Waals surface area (Å²) in [5, 5.41) is 0. The lowest BCUT2D eigenvalue weighted by molar-refractivity contribution is -0.132. The molecule has 1 aliphatic heterocycles. The van der Waals surface area contributed by atoms with Crippen molar-refractivity contribution in [3.63, 3.8) is 0 Å². The highest BCUT2D eigenvalue weighted by atomic mass is 16.1. The van der Waals surface area contributed by atoms with Gasteiger partial charge in [0.15, 0.2) is 0 Å². The van der Waals surface area contributed by atoms with Crippen molar-refractivity contribution >= 4 is 5.78 Å². The number of hydrogen-bond donors (Lipinski definition) is 0. The Morgan fingerprint density at radius 1 is 1.39 bits per heavy atom. The lowest BCUT2D eigenvalue weighted by Gasteiger charge is -2.39. The maximum atomic E-state index is 12.5. The van der Waals surface area contributed by atoms with E-state index in [1.807, 2.05) is 18.3 Å². The average molecular weight is 242 g/mol. The second kappa shape index (κ2) is 3.21. The number of aromatic nitrogens is 1. The van der Waals surface area contributed by atoms with E-state index >= 15 is 0 Å². The minimum atomic E-state index is -0.0889. The third-order valence-electron chi connectivity index (χ3n) is 5.36. The lowest BCUT2D eigenvalue weighted by atomic mass is 9.80. The van der Waals surface area contributed by atoms with Crippen molar-refractivity contribution in [2.75, 3.05) is 13.6 Å². The number of nitrogens with zero attached hydrogens (tertiary/aromatic N) is 2. The first-order valence-corrected chi connectivity index (χ1v) is 6.84. The van der Waals surface area contributed by atoms with Crippen LogP contribution in [0.3, 0.4) is 0 Å². The Bertz CT molecular complexity index is 508. The molecule has 0 unspecified atom stereocenters.